The van der Waals surface area contributed by atoms with Crippen molar-refractivity contribution in [3.63, 3.8) is 0 Å². The minimum absolute atomic E-state index is 0.0341. The highest BCUT2D eigenvalue weighted by Crippen LogP contribution is 2.30. The Hall–Kier alpha value is -0.800. The molecule has 6 heteroatoms. The Morgan fingerprint density at radius 1 is 1.53 bits per heavy atom. The minimum Gasteiger partial charge on any atom is -0.393 e. The molecule has 1 N–H and O–H groups in total. The Morgan fingerprint density at radius 3 is 2.65 bits per heavy atom. The van der Waals surface area contributed by atoms with Crippen LogP contribution in [0.3, 0.4) is 0 Å². The monoisotopic (exact) mass is 250 g/mol. The summed E-state index contributed by atoms with van der Waals surface area (Å²) in [4.78, 5) is 1.67. The zero-order chi connectivity index (χ0) is 13.1. The highest BCUT2D eigenvalue weighted by molar-refractivity contribution is 4.93. The minimum atomic E-state index is -4.47. The largest absolute Gasteiger partial charge is 0.405 e. The molecule has 0 aromatic heterocycles. The molecule has 1 fully saturated rings. The van der Waals surface area contributed by atoms with Crippen molar-refractivity contribution in [2.24, 2.45) is 5.92 Å². The van der Waals surface area contributed by atoms with Gasteiger partial charge in [0.2, 0.25) is 0 Å². The lowest BCUT2D eigenvalue weighted by Gasteiger charge is -2.27. The quantitative estimate of drug-likeness (QED) is 0.829. The molecule has 3 unspecified atom stereocenters. The molecule has 0 saturated carbocycles. The molecular formula is C11H17F3N2O. The van der Waals surface area contributed by atoms with Gasteiger partial charge in [0, 0.05) is 12.6 Å². The van der Waals surface area contributed by atoms with E-state index in [4.69, 9.17) is 5.26 Å². The van der Waals surface area contributed by atoms with Crippen LogP contribution in [0.2, 0.25) is 0 Å². The fourth-order valence-electron chi connectivity index (χ4n) is 2.25. The average molecular weight is 250 g/mol. The predicted octanol–water partition coefficient (Wildman–Crippen LogP) is 1.92. The summed E-state index contributed by atoms with van der Waals surface area (Å²) in [7, 11) is 0. The van der Waals surface area contributed by atoms with Gasteiger partial charge >= 0.3 is 6.18 Å². The van der Waals surface area contributed by atoms with Crippen LogP contribution in [0.15, 0.2) is 0 Å². The summed E-state index contributed by atoms with van der Waals surface area (Å²) in [6.45, 7) is 1.92. The van der Waals surface area contributed by atoms with Gasteiger partial charge in [-0.15, -0.1) is 0 Å². The molecule has 1 heterocycles. The van der Waals surface area contributed by atoms with Crippen molar-refractivity contribution in [2.75, 3.05) is 13.1 Å². The van der Waals surface area contributed by atoms with Crippen molar-refractivity contribution >= 4 is 0 Å². The standard InChI is InChI=1S/C11H17F3N2O/c1-8(17)5-10-3-2-4-16(10)7-9(6-15)11(12,13)14/h8-10,17H,2-5,7H2,1H3. The Balaban J connectivity index is 2.58. The molecule has 0 radical (unpaired) electrons. The SMILES string of the molecule is CC(O)CC1CCCN1CC(C#N)C(F)(F)F. The van der Waals surface area contributed by atoms with E-state index in [0.29, 0.717) is 13.0 Å². The van der Waals surface area contributed by atoms with Crippen LogP contribution in [-0.2, 0) is 0 Å². The van der Waals surface area contributed by atoms with E-state index in [1.807, 2.05) is 0 Å². The van der Waals surface area contributed by atoms with E-state index < -0.39 is 18.2 Å². The summed E-state index contributed by atoms with van der Waals surface area (Å²) in [6.07, 6.45) is -2.90. The first kappa shape index (κ1) is 14.3. The fraction of sp³-hybridized carbons (Fsp3) is 0.909. The molecule has 1 saturated heterocycles. The maximum atomic E-state index is 12.5. The van der Waals surface area contributed by atoms with E-state index in [1.54, 1.807) is 11.8 Å². The zero-order valence-corrected chi connectivity index (χ0v) is 9.74. The van der Waals surface area contributed by atoms with Crippen LogP contribution >= 0.6 is 0 Å². The number of aliphatic hydroxyl groups is 1. The van der Waals surface area contributed by atoms with Crippen LogP contribution in [0.1, 0.15) is 26.2 Å². The van der Waals surface area contributed by atoms with Gasteiger partial charge in [0.15, 0.2) is 5.92 Å². The van der Waals surface area contributed by atoms with Gasteiger partial charge in [0.25, 0.3) is 0 Å². The normalized spacial score (nSPS) is 25.5. The van der Waals surface area contributed by atoms with Gasteiger partial charge < -0.3 is 5.11 Å². The van der Waals surface area contributed by atoms with E-state index in [9.17, 15) is 18.3 Å². The number of hydrogen-bond donors (Lipinski definition) is 1. The van der Waals surface area contributed by atoms with Crippen molar-refractivity contribution in [2.45, 2.75) is 44.5 Å². The van der Waals surface area contributed by atoms with Gasteiger partial charge in [-0.3, -0.25) is 4.90 Å². The number of halogens is 3. The smallest absolute Gasteiger partial charge is 0.393 e. The third-order valence-electron chi connectivity index (χ3n) is 3.08. The molecule has 0 aromatic rings. The molecule has 0 spiro atoms. The maximum absolute atomic E-state index is 12.5. The Labute approximate surface area is 98.8 Å². The first-order valence-corrected chi connectivity index (χ1v) is 5.73. The fourth-order valence-corrected chi connectivity index (χ4v) is 2.25. The predicted molar refractivity (Wildman–Crippen MR) is 56.1 cm³/mol. The third-order valence-corrected chi connectivity index (χ3v) is 3.08. The van der Waals surface area contributed by atoms with Crippen LogP contribution in [0.4, 0.5) is 13.2 Å². The van der Waals surface area contributed by atoms with E-state index in [1.165, 1.54) is 6.07 Å². The van der Waals surface area contributed by atoms with Crippen molar-refractivity contribution in [3.05, 3.63) is 0 Å². The van der Waals surface area contributed by atoms with Crippen LogP contribution < -0.4 is 0 Å². The van der Waals surface area contributed by atoms with Crippen LogP contribution in [0.25, 0.3) is 0 Å². The number of aliphatic hydroxyl groups excluding tert-OH is 1. The molecule has 3 nitrogen and oxygen atoms in total. The Kier molecular flexibility index (Phi) is 4.78. The molecule has 0 aromatic carbocycles. The van der Waals surface area contributed by atoms with Gasteiger partial charge in [0.05, 0.1) is 12.2 Å². The third kappa shape index (κ3) is 4.17. The number of likely N-dealkylation sites (tertiary alicyclic amines) is 1. The van der Waals surface area contributed by atoms with Gasteiger partial charge in [-0.2, -0.15) is 18.4 Å². The topological polar surface area (TPSA) is 47.3 Å². The number of hydrogen-bond acceptors (Lipinski definition) is 3. The number of alkyl halides is 3. The molecular weight excluding hydrogens is 233 g/mol. The zero-order valence-electron chi connectivity index (χ0n) is 9.74. The van der Waals surface area contributed by atoms with Crippen LogP contribution in [0, 0.1) is 17.2 Å². The summed E-state index contributed by atoms with van der Waals surface area (Å²) < 4.78 is 37.4. The van der Waals surface area contributed by atoms with E-state index in [2.05, 4.69) is 0 Å². The van der Waals surface area contributed by atoms with Crippen LogP contribution in [0.5, 0.6) is 0 Å². The molecule has 0 amide bonds. The van der Waals surface area contributed by atoms with Crippen molar-refractivity contribution in [3.8, 4) is 6.07 Å². The number of nitrogens with zero attached hydrogens (tertiary/aromatic N) is 2. The number of nitriles is 1. The maximum Gasteiger partial charge on any atom is 0.405 e. The first-order chi connectivity index (χ1) is 7.84. The molecule has 0 bridgehead atoms. The second-order valence-electron chi connectivity index (χ2n) is 4.60. The van der Waals surface area contributed by atoms with Crippen molar-refractivity contribution < 1.29 is 18.3 Å². The second-order valence-corrected chi connectivity index (χ2v) is 4.60. The molecule has 17 heavy (non-hydrogen) atoms. The lowest BCUT2D eigenvalue weighted by Crippen LogP contribution is -2.39. The molecule has 3 atom stereocenters. The lowest BCUT2D eigenvalue weighted by atomic mass is 10.1. The highest BCUT2D eigenvalue weighted by atomic mass is 19.4. The molecule has 0 aliphatic carbocycles. The summed E-state index contributed by atoms with van der Waals surface area (Å²) in [5, 5.41) is 17.8. The molecule has 1 rings (SSSR count). The number of rotatable bonds is 4. The Bertz CT molecular complexity index is 285. The second kappa shape index (κ2) is 5.69. The summed E-state index contributed by atoms with van der Waals surface area (Å²) in [6, 6.07) is 1.28. The van der Waals surface area contributed by atoms with E-state index in [0.717, 1.165) is 12.8 Å². The van der Waals surface area contributed by atoms with Gasteiger partial charge in [-0.05, 0) is 32.7 Å². The Morgan fingerprint density at radius 2 is 2.18 bits per heavy atom. The molecule has 1 aliphatic heterocycles. The van der Waals surface area contributed by atoms with Crippen molar-refractivity contribution in [1.29, 1.82) is 5.26 Å². The van der Waals surface area contributed by atoms with E-state index >= 15 is 0 Å². The van der Waals surface area contributed by atoms with Gasteiger partial charge in [0.1, 0.15) is 0 Å². The van der Waals surface area contributed by atoms with Crippen molar-refractivity contribution in [1.82, 2.24) is 4.90 Å². The summed E-state index contributed by atoms with van der Waals surface area (Å²) in [5.74, 6) is -1.93. The summed E-state index contributed by atoms with van der Waals surface area (Å²) >= 11 is 0. The average Bonchev–Trinajstić information content (AvgIpc) is 2.59. The highest BCUT2D eigenvalue weighted by Gasteiger charge is 2.42. The first-order valence-electron chi connectivity index (χ1n) is 5.73. The van der Waals surface area contributed by atoms with Crippen LogP contribution in [-0.4, -0.2) is 41.4 Å². The lowest BCUT2D eigenvalue weighted by molar-refractivity contribution is -0.163. The molecule has 1 aliphatic rings. The molecule has 98 valence electrons. The van der Waals surface area contributed by atoms with Gasteiger partial charge in [-0.25, -0.2) is 0 Å². The summed E-state index contributed by atoms with van der Waals surface area (Å²) in [5.41, 5.74) is 0. The van der Waals surface area contributed by atoms with Gasteiger partial charge in [-0.1, -0.05) is 0 Å². The van der Waals surface area contributed by atoms with E-state index in [-0.39, 0.29) is 12.6 Å².